The number of rotatable bonds is 4. The zero-order valence-corrected chi connectivity index (χ0v) is 15.1. The van der Waals surface area contributed by atoms with Gasteiger partial charge in [0.1, 0.15) is 5.82 Å². The number of nitrogens with two attached hydrogens (primary N) is 1. The number of piperidine rings is 1. The van der Waals surface area contributed by atoms with Gasteiger partial charge in [0.15, 0.2) is 5.65 Å². The normalized spacial score (nSPS) is 18.3. The average molecular weight is 353 g/mol. The maximum absolute atomic E-state index is 6.18. The lowest BCUT2D eigenvalue weighted by molar-refractivity contribution is 0.198. The Bertz CT molecular complexity index is 906. The molecule has 26 heavy (non-hydrogen) atoms. The van der Waals surface area contributed by atoms with Gasteiger partial charge in [0.2, 0.25) is 0 Å². The Labute approximate surface area is 152 Å². The lowest BCUT2D eigenvalue weighted by Gasteiger charge is -2.32. The first-order valence-electron chi connectivity index (χ1n) is 8.82. The number of methoxy groups -OCH3 is 1. The molecule has 0 aliphatic carbocycles. The van der Waals surface area contributed by atoms with E-state index in [2.05, 4.69) is 20.0 Å². The molecule has 0 spiro atoms. The molecule has 3 aromatic heterocycles. The number of fused-ring (bicyclic) bond motifs is 1. The lowest BCUT2D eigenvalue weighted by atomic mass is 9.94. The van der Waals surface area contributed by atoms with E-state index in [1.165, 1.54) is 0 Å². The van der Waals surface area contributed by atoms with Gasteiger partial charge in [-0.2, -0.15) is 9.61 Å². The van der Waals surface area contributed by atoms with E-state index in [1.807, 2.05) is 31.5 Å². The van der Waals surface area contributed by atoms with E-state index in [4.69, 9.17) is 15.5 Å². The molecule has 2 N–H and O–H groups in total. The molecule has 1 unspecified atom stereocenters. The van der Waals surface area contributed by atoms with Crippen molar-refractivity contribution in [2.24, 2.45) is 0 Å². The third-order valence-electron chi connectivity index (χ3n) is 4.79. The van der Waals surface area contributed by atoms with Crippen LogP contribution in [0.1, 0.15) is 35.7 Å². The van der Waals surface area contributed by atoms with Gasteiger partial charge in [0.05, 0.1) is 18.5 Å². The van der Waals surface area contributed by atoms with Crippen LogP contribution in [0.3, 0.4) is 0 Å². The van der Waals surface area contributed by atoms with Crippen LogP contribution < -0.4 is 10.5 Å². The van der Waals surface area contributed by atoms with Crippen LogP contribution in [-0.2, 0) is 6.54 Å². The summed E-state index contributed by atoms with van der Waals surface area (Å²) in [5, 5.41) is 4.38. The summed E-state index contributed by atoms with van der Waals surface area (Å²) in [7, 11) is 1.57. The first kappa shape index (κ1) is 16.7. The predicted octanol–water partition coefficient (Wildman–Crippen LogP) is 1.80. The number of aryl methyl sites for hydroxylation is 1. The summed E-state index contributed by atoms with van der Waals surface area (Å²) in [6.07, 6.45) is 5.90. The molecule has 1 fully saturated rings. The molecule has 0 bridgehead atoms. The van der Waals surface area contributed by atoms with Crippen molar-refractivity contribution in [2.45, 2.75) is 32.2 Å². The number of aromatic nitrogens is 5. The monoisotopic (exact) mass is 353 g/mol. The Balaban J connectivity index is 1.51. The first-order valence-corrected chi connectivity index (χ1v) is 8.82. The topological polar surface area (TPSA) is 94.5 Å². The van der Waals surface area contributed by atoms with Crippen molar-refractivity contribution in [2.75, 3.05) is 25.9 Å². The van der Waals surface area contributed by atoms with Crippen LogP contribution in [-0.4, -0.2) is 49.7 Å². The van der Waals surface area contributed by atoms with Gasteiger partial charge < -0.3 is 10.5 Å². The zero-order chi connectivity index (χ0) is 18.1. The van der Waals surface area contributed by atoms with Crippen molar-refractivity contribution in [1.29, 1.82) is 0 Å². The lowest BCUT2D eigenvalue weighted by Crippen LogP contribution is -2.34. The summed E-state index contributed by atoms with van der Waals surface area (Å²) in [6.45, 7) is 4.78. The number of hydrogen-bond donors (Lipinski definition) is 1. The number of nitrogen functional groups attached to an aromatic ring is 1. The summed E-state index contributed by atoms with van der Waals surface area (Å²) in [5.41, 5.74) is 10.1. The Kier molecular flexibility index (Phi) is 4.42. The molecule has 136 valence electrons. The molecule has 3 aromatic rings. The van der Waals surface area contributed by atoms with Gasteiger partial charge in [-0.15, -0.1) is 0 Å². The van der Waals surface area contributed by atoms with Crippen LogP contribution in [0.5, 0.6) is 6.01 Å². The van der Waals surface area contributed by atoms with E-state index in [-0.39, 0.29) is 0 Å². The maximum atomic E-state index is 6.18. The quantitative estimate of drug-likeness (QED) is 0.764. The highest BCUT2D eigenvalue weighted by Gasteiger charge is 2.23. The van der Waals surface area contributed by atoms with E-state index in [0.29, 0.717) is 17.7 Å². The van der Waals surface area contributed by atoms with Crippen LogP contribution in [0.2, 0.25) is 0 Å². The van der Waals surface area contributed by atoms with Crippen LogP contribution in [0.4, 0.5) is 5.82 Å². The number of nitrogens with zero attached hydrogens (tertiary/aromatic N) is 6. The van der Waals surface area contributed by atoms with Crippen LogP contribution in [0.25, 0.3) is 5.65 Å². The van der Waals surface area contributed by atoms with Crippen molar-refractivity contribution in [1.82, 2.24) is 29.5 Å². The summed E-state index contributed by atoms with van der Waals surface area (Å²) < 4.78 is 6.72. The highest BCUT2D eigenvalue weighted by atomic mass is 16.5. The zero-order valence-electron chi connectivity index (χ0n) is 15.1. The average Bonchev–Trinajstić information content (AvgIpc) is 3.03. The minimum Gasteiger partial charge on any atom is -0.467 e. The molecule has 8 nitrogen and oxygen atoms in total. The number of ether oxygens (including phenoxy) is 1. The van der Waals surface area contributed by atoms with Gasteiger partial charge in [-0.25, -0.2) is 15.0 Å². The second-order valence-electron chi connectivity index (χ2n) is 6.81. The SMILES string of the molecule is COc1ncc(CN2CCCC(c3cc(N)n4nc(C)cc4n3)C2)cn1. The summed E-state index contributed by atoms with van der Waals surface area (Å²) >= 11 is 0. The fourth-order valence-corrected chi connectivity index (χ4v) is 3.57. The standard InChI is InChI=1S/C18H23N7O/c1-12-6-17-22-15(7-16(19)25(17)23-12)14-4-3-5-24(11-14)10-13-8-20-18(26-2)21-9-13/h6-9,14H,3-5,10-11,19H2,1-2H3. The largest absolute Gasteiger partial charge is 0.467 e. The summed E-state index contributed by atoms with van der Waals surface area (Å²) in [5.74, 6) is 1.00. The van der Waals surface area contributed by atoms with Crippen LogP contribution >= 0.6 is 0 Å². The van der Waals surface area contributed by atoms with Crippen molar-refractivity contribution in [3.63, 3.8) is 0 Å². The third-order valence-corrected chi connectivity index (χ3v) is 4.79. The Morgan fingerprint density at radius 1 is 1.27 bits per heavy atom. The smallest absolute Gasteiger partial charge is 0.316 e. The van der Waals surface area contributed by atoms with Crippen LogP contribution in [0, 0.1) is 6.92 Å². The van der Waals surface area contributed by atoms with Gasteiger partial charge in [0.25, 0.3) is 0 Å². The predicted molar refractivity (Wildman–Crippen MR) is 98.0 cm³/mol. The number of anilines is 1. The molecule has 1 saturated heterocycles. The fraction of sp³-hybridized carbons (Fsp3) is 0.444. The maximum Gasteiger partial charge on any atom is 0.316 e. The van der Waals surface area contributed by atoms with Gasteiger partial charge in [-0.1, -0.05) is 0 Å². The van der Waals surface area contributed by atoms with Crippen molar-refractivity contribution < 1.29 is 4.74 Å². The third kappa shape index (κ3) is 3.32. The van der Waals surface area contributed by atoms with Crippen molar-refractivity contribution >= 4 is 11.5 Å². The van der Waals surface area contributed by atoms with E-state index in [9.17, 15) is 0 Å². The molecule has 4 heterocycles. The van der Waals surface area contributed by atoms with E-state index in [0.717, 1.165) is 55.1 Å². The first-order chi connectivity index (χ1) is 12.6. The molecule has 0 amide bonds. The number of hydrogen-bond acceptors (Lipinski definition) is 7. The number of likely N-dealkylation sites (tertiary alicyclic amines) is 1. The molecular formula is C18H23N7O. The van der Waals surface area contributed by atoms with Gasteiger partial charge >= 0.3 is 6.01 Å². The Hall–Kier alpha value is -2.74. The molecule has 1 atom stereocenters. The van der Waals surface area contributed by atoms with Crippen molar-refractivity contribution in [3.8, 4) is 6.01 Å². The van der Waals surface area contributed by atoms with Crippen LogP contribution in [0.15, 0.2) is 24.5 Å². The molecule has 8 heteroatoms. The fourth-order valence-electron chi connectivity index (χ4n) is 3.57. The second-order valence-corrected chi connectivity index (χ2v) is 6.81. The van der Waals surface area contributed by atoms with Gasteiger partial charge in [-0.05, 0) is 26.3 Å². The Morgan fingerprint density at radius 3 is 2.85 bits per heavy atom. The highest BCUT2D eigenvalue weighted by molar-refractivity contribution is 5.48. The highest BCUT2D eigenvalue weighted by Crippen LogP contribution is 2.28. The molecule has 4 rings (SSSR count). The molecule has 1 aliphatic rings. The second kappa shape index (κ2) is 6.87. The molecule has 1 aliphatic heterocycles. The molecular weight excluding hydrogens is 330 g/mol. The van der Waals surface area contributed by atoms with E-state index < -0.39 is 0 Å². The molecule has 0 saturated carbocycles. The van der Waals surface area contributed by atoms with Crippen molar-refractivity contribution in [3.05, 3.63) is 41.5 Å². The van der Waals surface area contributed by atoms with Gasteiger partial charge in [0, 0.05) is 49.1 Å². The molecule has 0 radical (unpaired) electrons. The Morgan fingerprint density at radius 2 is 2.08 bits per heavy atom. The summed E-state index contributed by atoms with van der Waals surface area (Å²) in [4.78, 5) is 15.6. The van der Waals surface area contributed by atoms with Gasteiger partial charge in [-0.3, -0.25) is 4.90 Å². The van der Waals surface area contributed by atoms with E-state index >= 15 is 0 Å². The summed E-state index contributed by atoms with van der Waals surface area (Å²) in [6, 6.07) is 4.33. The van der Waals surface area contributed by atoms with E-state index in [1.54, 1.807) is 11.6 Å². The molecule has 0 aromatic carbocycles. The minimum absolute atomic E-state index is 0.366. The minimum atomic E-state index is 0.366.